The standard InChI is InChI=1S/C26H26N2O6/c1-31-19-12-10-18(11-13-19)27-26(30)20-7-5-6-8-21(20)28-24(29)14-9-17-15-22(32-2)25(34-4)23(16-17)33-3/h5-16H,1-4H3,(H,27,30)(H,28,29)/b14-9+. The van der Waals surface area contributed by atoms with E-state index < -0.39 is 5.91 Å². The van der Waals surface area contributed by atoms with Gasteiger partial charge in [0.25, 0.3) is 5.91 Å². The summed E-state index contributed by atoms with van der Waals surface area (Å²) in [6.07, 6.45) is 2.97. The van der Waals surface area contributed by atoms with Gasteiger partial charge in [-0.3, -0.25) is 9.59 Å². The fourth-order valence-electron chi connectivity index (χ4n) is 3.21. The fraction of sp³-hybridized carbons (Fsp3) is 0.154. The minimum Gasteiger partial charge on any atom is -0.497 e. The number of hydrogen-bond acceptors (Lipinski definition) is 6. The largest absolute Gasteiger partial charge is 0.497 e. The summed E-state index contributed by atoms with van der Waals surface area (Å²) >= 11 is 0. The molecule has 0 unspecified atom stereocenters. The highest BCUT2D eigenvalue weighted by molar-refractivity contribution is 6.11. The van der Waals surface area contributed by atoms with Crippen molar-refractivity contribution < 1.29 is 28.5 Å². The molecule has 0 aromatic heterocycles. The highest BCUT2D eigenvalue weighted by Gasteiger charge is 2.14. The van der Waals surface area contributed by atoms with Crippen molar-refractivity contribution in [1.29, 1.82) is 0 Å². The van der Waals surface area contributed by atoms with Gasteiger partial charge in [0.05, 0.1) is 39.7 Å². The Morgan fingerprint density at radius 2 is 1.41 bits per heavy atom. The molecule has 2 amide bonds. The molecule has 0 bridgehead atoms. The maximum atomic E-state index is 12.8. The second kappa shape index (κ2) is 11.4. The van der Waals surface area contributed by atoms with E-state index in [-0.39, 0.29) is 5.91 Å². The maximum Gasteiger partial charge on any atom is 0.257 e. The zero-order valence-corrected chi connectivity index (χ0v) is 19.4. The van der Waals surface area contributed by atoms with Gasteiger partial charge in [0.1, 0.15) is 5.75 Å². The molecule has 0 atom stereocenters. The van der Waals surface area contributed by atoms with Crippen LogP contribution in [0.15, 0.2) is 66.7 Å². The van der Waals surface area contributed by atoms with E-state index in [9.17, 15) is 9.59 Å². The second-order valence-electron chi connectivity index (χ2n) is 7.01. The average Bonchev–Trinajstić information content (AvgIpc) is 2.87. The maximum absolute atomic E-state index is 12.8. The number of ether oxygens (including phenoxy) is 4. The predicted molar refractivity (Wildman–Crippen MR) is 131 cm³/mol. The first kappa shape index (κ1) is 24.2. The monoisotopic (exact) mass is 462 g/mol. The van der Waals surface area contributed by atoms with Crippen LogP contribution in [0.1, 0.15) is 15.9 Å². The Bertz CT molecular complexity index is 1160. The molecule has 176 valence electrons. The lowest BCUT2D eigenvalue weighted by molar-refractivity contribution is -0.111. The van der Waals surface area contributed by atoms with Crippen molar-refractivity contribution in [1.82, 2.24) is 0 Å². The van der Waals surface area contributed by atoms with E-state index >= 15 is 0 Å². The molecule has 3 aromatic carbocycles. The van der Waals surface area contributed by atoms with Crippen molar-refractivity contribution in [2.75, 3.05) is 39.1 Å². The number of carbonyl (C=O) groups is 2. The van der Waals surface area contributed by atoms with Crippen LogP contribution in [0.4, 0.5) is 11.4 Å². The lowest BCUT2D eigenvalue weighted by atomic mass is 10.1. The number of hydrogen-bond donors (Lipinski definition) is 2. The quantitative estimate of drug-likeness (QED) is 0.451. The Kier molecular flexibility index (Phi) is 8.12. The summed E-state index contributed by atoms with van der Waals surface area (Å²) in [5.41, 5.74) is 1.99. The van der Waals surface area contributed by atoms with E-state index in [0.717, 1.165) is 0 Å². The highest BCUT2D eigenvalue weighted by atomic mass is 16.5. The minimum absolute atomic E-state index is 0.327. The van der Waals surface area contributed by atoms with E-state index in [0.29, 0.717) is 45.5 Å². The third kappa shape index (κ3) is 5.86. The van der Waals surface area contributed by atoms with Crippen LogP contribution in [0.25, 0.3) is 6.08 Å². The van der Waals surface area contributed by atoms with Gasteiger partial charge in [0.15, 0.2) is 11.5 Å². The molecule has 0 spiro atoms. The molecule has 0 saturated heterocycles. The topological polar surface area (TPSA) is 95.1 Å². The number of carbonyl (C=O) groups excluding carboxylic acids is 2. The van der Waals surface area contributed by atoms with Crippen molar-refractivity contribution in [2.24, 2.45) is 0 Å². The van der Waals surface area contributed by atoms with Crippen LogP contribution in [0.5, 0.6) is 23.0 Å². The number of nitrogens with one attached hydrogen (secondary N) is 2. The van der Waals surface area contributed by atoms with E-state index in [1.807, 2.05) is 0 Å². The summed E-state index contributed by atoms with van der Waals surface area (Å²) in [6.45, 7) is 0. The van der Waals surface area contributed by atoms with Gasteiger partial charge in [0, 0.05) is 11.8 Å². The second-order valence-corrected chi connectivity index (χ2v) is 7.01. The van der Waals surface area contributed by atoms with Crippen LogP contribution >= 0.6 is 0 Å². The van der Waals surface area contributed by atoms with Gasteiger partial charge >= 0.3 is 0 Å². The van der Waals surface area contributed by atoms with Gasteiger partial charge in [0.2, 0.25) is 11.7 Å². The van der Waals surface area contributed by atoms with Gasteiger partial charge in [-0.2, -0.15) is 0 Å². The molecular formula is C26H26N2O6. The average molecular weight is 463 g/mol. The Morgan fingerprint density at radius 3 is 2.00 bits per heavy atom. The molecule has 34 heavy (non-hydrogen) atoms. The Hall–Kier alpha value is -4.46. The summed E-state index contributed by atoms with van der Waals surface area (Å²) < 4.78 is 21.1. The van der Waals surface area contributed by atoms with E-state index in [1.54, 1.807) is 73.8 Å². The number of methoxy groups -OCH3 is 4. The minimum atomic E-state index is -0.404. The molecule has 0 aliphatic rings. The van der Waals surface area contributed by atoms with Crippen LogP contribution < -0.4 is 29.6 Å². The van der Waals surface area contributed by atoms with E-state index in [1.165, 1.54) is 27.4 Å². The summed E-state index contributed by atoms with van der Waals surface area (Å²) in [5.74, 6) is 1.34. The Labute approximate surface area is 198 Å². The van der Waals surface area contributed by atoms with Crippen molar-refractivity contribution in [3.05, 3.63) is 77.9 Å². The van der Waals surface area contributed by atoms with Crippen molar-refractivity contribution >= 4 is 29.3 Å². The smallest absolute Gasteiger partial charge is 0.257 e. The molecule has 3 aromatic rings. The van der Waals surface area contributed by atoms with Crippen molar-refractivity contribution in [2.45, 2.75) is 0 Å². The molecule has 3 rings (SSSR count). The van der Waals surface area contributed by atoms with Crippen LogP contribution in [0.2, 0.25) is 0 Å². The zero-order valence-electron chi connectivity index (χ0n) is 19.4. The molecule has 0 fully saturated rings. The summed E-state index contributed by atoms with van der Waals surface area (Å²) in [4.78, 5) is 25.4. The summed E-state index contributed by atoms with van der Waals surface area (Å²) in [5, 5.41) is 5.57. The first-order chi connectivity index (χ1) is 16.5. The lowest BCUT2D eigenvalue weighted by Gasteiger charge is -2.13. The van der Waals surface area contributed by atoms with E-state index in [2.05, 4.69) is 10.6 Å². The Morgan fingerprint density at radius 1 is 0.765 bits per heavy atom. The molecule has 2 N–H and O–H groups in total. The van der Waals surface area contributed by atoms with Gasteiger partial charge < -0.3 is 29.6 Å². The van der Waals surface area contributed by atoms with Gasteiger partial charge in [-0.15, -0.1) is 0 Å². The Balaban J connectivity index is 1.74. The molecule has 0 saturated carbocycles. The van der Waals surface area contributed by atoms with E-state index in [4.69, 9.17) is 18.9 Å². The number of rotatable bonds is 9. The normalized spacial score (nSPS) is 10.5. The SMILES string of the molecule is COc1ccc(NC(=O)c2ccccc2NC(=O)/C=C/c2cc(OC)c(OC)c(OC)c2)cc1. The zero-order chi connectivity index (χ0) is 24.5. The summed E-state index contributed by atoms with van der Waals surface area (Å²) in [6, 6.07) is 17.2. The van der Waals surface area contributed by atoms with Crippen LogP contribution in [-0.2, 0) is 4.79 Å². The fourth-order valence-corrected chi connectivity index (χ4v) is 3.21. The molecule has 0 aliphatic carbocycles. The summed E-state index contributed by atoms with van der Waals surface area (Å²) in [7, 11) is 6.13. The van der Waals surface area contributed by atoms with Crippen LogP contribution in [-0.4, -0.2) is 40.3 Å². The van der Waals surface area contributed by atoms with Crippen molar-refractivity contribution in [3.8, 4) is 23.0 Å². The lowest BCUT2D eigenvalue weighted by Crippen LogP contribution is -2.17. The molecule has 0 radical (unpaired) electrons. The number of anilines is 2. The molecule has 0 aliphatic heterocycles. The first-order valence-corrected chi connectivity index (χ1v) is 10.3. The predicted octanol–water partition coefficient (Wildman–Crippen LogP) is 4.63. The highest BCUT2D eigenvalue weighted by Crippen LogP contribution is 2.38. The molecule has 8 nitrogen and oxygen atoms in total. The van der Waals surface area contributed by atoms with Crippen LogP contribution in [0, 0.1) is 0 Å². The van der Waals surface area contributed by atoms with Crippen LogP contribution in [0.3, 0.4) is 0 Å². The molecule has 8 heteroatoms. The third-order valence-corrected chi connectivity index (χ3v) is 4.89. The number of benzene rings is 3. The number of para-hydroxylation sites is 1. The number of amides is 2. The van der Waals surface area contributed by atoms with Gasteiger partial charge in [-0.25, -0.2) is 0 Å². The first-order valence-electron chi connectivity index (χ1n) is 10.3. The van der Waals surface area contributed by atoms with Gasteiger partial charge in [-0.05, 0) is 60.2 Å². The van der Waals surface area contributed by atoms with Crippen molar-refractivity contribution in [3.63, 3.8) is 0 Å². The molecule has 0 heterocycles. The molecular weight excluding hydrogens is 436 g/mol. The van der Waals surface area contributed by atoms with Gasteiger partial charge in [-0.1, -0.05) is 12.1 Å². The third-order valence-electron chi connectivity index (χ3n) is 4.89.